The van der Waals surface area contributed by atoms with Crippen LogP contribution in [0.4, 0.5) is 11.8 Å². The van der Waals surface area contributed by atoms with Gasteiger partial charge in [-0.3, -0.25) is 0 Å². The highest BCUT2D eigenvalue weighted by atomic mass is 15.3. The Balaban J connectivity index is 1.59. The Morgan fingerprint density at radius 2 is 1.75 bits per heavy atom. The van der Waals surface area contributed by atoms with E-state index in [4.69, 9.17) is 4.98 Å². The van der Waals surface area contributed by atoms with Crippen LogP contribution in [0.25, 0.3) is 0 Å². The van der Waals surface area contributed by atoms with E-state index in [-0.39, 0.29) is 0 Å². The molecule has 0 spiro atoms. The van der Waals surface area contributed by atoms with Crippen LogP contribution in [0.15, 0.2) is 42.6 Å². The van der Waals surface area contributed by atoms with Gasteiger partial charge in [0.25, 0.3) is 0 Å². The third kappa shape index (κ3) is 4.05. The summed E-state index contributed by atoms with van der Waals surface area (Å²) in [5, 5.41) is 0. The van der Waals surface area contributed by atoms with E-state index >= 15 is 0 Å². The first kappa shape index (κ1) is 16.7. The fraction of sp³-hybridized carbons (Fsp3) is 0.500. The second-order valence-electron chi connectivity index (χ2n) is 6.51. The highest BCUT2D eigenvalue weighted by Crippen LogP contribution is 2.24. The molecule has 1 aromatic heterocycles. The molecule has 0 N–H and O–H groups in total. The number of rotatable bonds is 6. The van der Waals surface area contributed by atoms with E-state index in [1.165, 1.54) is 24.8 Å². The number of benzene rings is 1. The molecule has 2 heterocycles. The van der Waals surface area contributed by atoms with Gasteiger partial charge in [-0.25, -0.2) is 4.98 Å². The van der Waals surface area contributed by atoms with Crippen molar-refractivity contribution in [3.05, 3.63) is 48.2 Å². The molecule has 1 saturated heterocycles. The number of hydrogen-bond acceptors (Lipinski definition) is 4. The second-order valence-corrected chi connectivity index (χ2v) is 6.51. The Hall–Kier alpha value is -2.10. The third-order valence-electron chi connectivity index (χ3n) is 4.98. The zero-order valence-corrected chi connectivity index (χ0v) is 14.9. The lowest BCUT2D eigenvalue weighted by Gasteiger charge is -2.32. The molecule has 0 unspecified atom stereocenters. The number of anilines is 2. The average molecular weight is 324 g/mol. The van der Waals surface area contributed by atoms with Crippen molar-refractivity contribution < 1.29 is 0 Å². The predicted octanol–water partition coefficient (Wildman–Crippen LogP) is 3.78. The maximum Gasteiger partial charge on any atom is 0.227 e. The van der Waals surface area contributed by atoms with E-state index in [1.807, 2.05) is 12.3 Å². The van der Waals surface area contributed by atoms with Crippen LogP contribution in [0.2, 0.25) is 0 Å². The van der Waals surface area contributed by atoms with Crippen molar-refractivity contribution in [1.82, 2.24) is 9.97 Å². The molecule has 0 saturated carbocycles. The molecule has 0 radical (unpaired) electrons. The Kier molecular flexibility index (Phi) is 5.68. The van der Waals surface area contributed by atoms with E-state index < -0.39 is 0 Å². The van der Waals surface area contributed by atoms with Crippen LogP contribution in [0.1, 0.15) is 32.3 Å². The first-order chi connectivity index (χ1) is 11.8. The van der Waals surface area contributed by atoms with Crippen molar-refractivity contribution in [3.63, 3.8) is 0 Å². The summed E-state index contributed by atoms with van der Waals surface area (Å²) in [6.45, 7) is 8.40. The lowest BCUT2D eigenvalue weighted by atomic mass is 9.90. The summed E-state index contributed by atoms with van der Waals surface area (Å²) < 4.78 is 0. The molecule has 128 valence electrons. The van der Waals surface area contributed by atoms with E-state index in [9.17, 15) is 0 Å². The van der Waals surface area contributed by atoms with Gasteiger partial charge >= 0.3 is 0 Å². The van der Waals surface area contributed by atoms with E-state index in [0.29, 0.717) is 0 Å². The molecule has 0 atom stereocenters. The molecule has 4 nitrogen and oxygen atoms in total. The van der Waals surface area contributed by atoms with Gasteiger partial charge in [0.15, 0.2) is 0 Å². The molecule has 1 aromatic carbocycles. The minimum Gasteiger partial charge on any atom is -0.357 e. The number of piperidine rings is 1. The minimum absolute atomic E-state index is 0.773. The van der Waals surface area contributed by atoms with Crippen molar-refractivity contribution >= 4 is 11.8 Å². The number of hydrogen-bond donors (Lipinski definition) is 0. The van der Waals surface area contributed by atoms with Crippen molar-refractivity contribution in [3.8, 4) is 0 Å². The first-order valence-electron chi connectivity index (χ1n) is 9.17. The Bertz CT molecular complexity index is 617. The molecule has 0 aliphatic carbocycles. The SMILES string of the molecule is CCN(CC)c1ccnc(N2CCC(Cc3ccccc3)CC2)n1. The number of aromatic nitrogens is 2. The standard InChI is InChI=1S/C20H28N4/c1-3-23(4-2)19-10-13-21-20(22-19)24-14-11-18(12-15-24)16-17-8-6-5-7-9-17/h5-10,13,18H,3-4,11-12,14-16H2,1-2H3. The zero-order chi connectivity index (χ0) is 16.8. The molecule has 24 heavy (non-hydrogen) atoms. The average Bonchev–Trinajstić information content (AvgIpc) is 2.65. The Morgan fingerprint density at radius 3 is 2.42 bits per heavy atom. The highest BCUT2D eigenvalue weighted by molar-refractivity contribution is 5.43. The predicted molar refractivity (Wildman–Crippen MR) is 101 cm³/mol. The topological polar surface area (TPSA) is 32.3 Å². The fourth-order valence-corrected chi connectivity index (χ4v) is 3.50. The first-order valence-corrected chi connectivity index (χ1v) is 9.17. The summed E-state index contributed by atoms with van der Waals surface area (Å²) in [7, 11) is 0. The maximum atomic E-state index is 4.79. The molecule has 1 aliphatic heterocycles. The van der Waals surface area contributed by atoms with Crippen LogP contribution in [0, 0.1) is 5.92 Å². The number of nitrogens with zero attached hydrogens (tertiary/aromatic N) is 4. The molecule has 0 amide bonds. The minimum atomic E-state index is 0.773. The van der Waals surface area contributed by atoms with Gasteiger partial charge in [0.05, 0.1) is 0 Å². The molecule has 2 aromatic rings. The summed E-state index contributed by atoms with van der Waals surface area (Å²) in [5.41, 5.74) is 1.45. The molecule has 3 rings (SSSR count). The molecule has 1 aliphatic rings. The summed E-state index contributed by atoms with van der Waals surface area (Å²) in [6.07, 6.45) is 5.52. The van der Waals surface area contributed by atoms with Gasteiger partial charge in [-0.1, -0.05) is 30.3 Å². The molecule has 4 heteroatoms. The zero-order valence-electron chi connectivity index (χ0n) is 14.9. The van der Waals surface area contributed by atoms with Crippen LogP contribution < -0.4 is 9.80 Å². The lowest BCUT2D eigenvalue weighted by Crippen LogP contribution is -2.36. The molecule has 1 fully saturated rings. The van der Waals surface area contributed by atoms with Crippen molar-refractivity contribution in [2.24, 2.45) is 5.92 Å². The summed E-state index contributed by atoms with van der Waals surface area (Å²) in [6, 6.07) is 12.9. The quantitative estimate of drug-likeness (QED) is 0.809. The van der Waals surface area contributed by atoms with Crippen molar-refractivity contribution in [2.45, 2.75) is 33.1 Å². The molecular weight excluding hydrogens is 296 g/mol. The largest absolute Gasteiger partial charge is 0.357 e. The molecular formula is C20H28N4. The summed E-state index contributed by atoms with van der Waals surface area (Å²) in [5.74, 6) is 2.70. The molecule has 0 bridgehead atoms. The fourth-order valence-electron chi connectivity index (χ4n) is 3.50. The van der Waals surface area contributed by atoms with Crippen LogP contribution in [0.3, 0.4) is 0 Å². The van der Waals surface area contributed by atoms with Gasteiger partial charge in [0.2, 0.25) is 5.95 Å². The van der Waals surface area contributed by atoms with Gasteiger partial charge in [-0.05, 0) is 50.7 Å². The van der Waals surface area contributed by atoms with Gasteiger partial charge in [0, 0.05) is 32.4 Å². The second kappa shape index (κ2) is 8.13. The lowest BCUT2D eigenvalue weighted by molar-refractivity contribution is 0.400. The normalized spacial score (nSPS) is 15.5. The van der Waals surface area contributed by atoms with Crippen LogP contribution in [-0.2, 0) is 6.42 Å². The van der Waals surface area contributed by atoms with Crippen LogP contribution in [-0.4, -0.2) is 36.1 Å². The van der Waals surface area contributed by atoms with Gasteiger partial charge in [-0.2, -0.15) is 4.98 Å². The highest BCUT2D eigenvalue weighted by Gasteiger charge is 2.21. The van der Waals surface area contributed by atoms with Gasteiger partial charge < -0.3 is 9.80 Å². The van der Waals surface area contributed by atoms with Crippen molar-refractivity contribution in [2.75, 3.05) is 36.0 Å². The summed E-state index contributed by atoms with van der Waals surface area (Å²) in [4.78, 5) is 13.9. The van der Waals surface area contributed by atoms with E-state index in [1.54, 1.807) is 0 Å². The smallest absolute Gasteiger partial charge is 0.227 e. The van der Waals surface area contributed by atoms with Crippen molar-refractivity contribution in [1.29, 1.82) is 0 Å². The van der Waals surface area contributed by atoms with Gasteiger partial charge in [0.1, 0.15) is 5.82 Å². The Labute approximate surface area is 145 Å². The maximum absolute atomic E-state index is 4.79. The summed E-state index contributed by atoms with van der Waals surface area (Å²) >= 11 is 0. The Morgan fingerprint density at radius 1 is 1.04 bits per heavy atom. The van der Waals surface area contributed by atoms with Crippen LogP contribution in [0.5, 0.6) is 0 Å². The van der Waals surface area contributed by atoms with E-state index in [0.717, 1.165) is 43.9 Å². The monoisotopic (exact) mass is 324 g/mol. The third-order valence-corrected chi connectivity index (χ3v) is 4.98. The van der Waals surface area contributed by atoms with Gasteiger partial charge in [-0.15, -0.1) is 0 Å². The van der Waals surface area contributed by atoms with Crippen LogP contribution >= 0.6 is 0 Å². The van der Waals surface area contributed by atoms with E-state index in [2.05, 4.69) is 59.0 Å².